The van der Waals surface area contributed by atoms with Crippen LogP contribution in [0.3, 0.4) is 0 Å². The predicted molar refractivity (Wildman–Crippen MR) is 97.9 cm³/mol. The molecule has 2 heterocycles. The number of carbonyl (C=O) groups is 3. The minimum absolute atomic E-state index is 0.0213. The van der Waals surface area contributed by atoms with Gasteiger partial charge in [-0.1, -0.05) is 31.0 Å². The molecule has 0 spiro atoms. The van der Waals surface area contributed by atoms with Gasteiger partial charge in [0.15, 0.2) is 5.78 Å². The molecule has 2 amide bonds. The first-order valence-corrected chi connectivity index (χ1v) is 9.60. The van der Waals surface area contributed by atoms with E-state index in [9.17, 15) is 14.4 Å². The number of nitrogens with zero attached hydrogens (tertiary/aromatic N) is 2. The van der Waals surface area contributed by atoms with Gasteiger partial charge in [-0.2, -0.15) is 0 Å². The van der Waals surface area contributed by atoms with E-state index in [4.69, 9.17) is 0 Å². The summed E-state index contributed by atoms with van der Waals surface area (Å²) in [5, 5.41) is 0. The largest absolute Gasteiger partial charge is 0.339 e. The Balaban J connectivity index is 1.63. The zero-order chi connectivity index (χ0) is 18.5. The van der Waals surface area contributed by atoms with Crippen molar-refractivity contribution < 1.29 is 14.4 Å². The molecule has 1 saturated heterocycles. The van der Waals surface area contributed by atoms with E-state index in [2.05, 4.69) is 0 Å². The Kier molecular flexibility index (Phi) is 4.13. The highest BCUT2D eigenvalue weighted by molar-refractivity contribution is 6.12. The zero-order valence-corrected chi connectivity index (χ0v) is 15.5. The molecule has 0 N–H and O–H groups in total. The molecule has 0 aromatic heterocycles. The van der Waals surface area contributed by atoms with Crippen LogP contribution in [0.25, 0.3) is 0 Å². The number of likely N-dealkylation sites (N-methyl/N-ethyl adjacent to an activating group) is 1. The van der Waals surface area contributed by atoms with E-state index in [1.807, 2.05) is 11.8 Å². The maximum Gasteiger partial charge on any atom is 0.254 e. The van der Waals surface area contributed by atoms with Gasteiger partial charge in [-0.15, -0.1) is 0 Å². The number of carbonyl (C=O) groups excluding carboxylic acids is 3. The van der Waals surface area contributed by atoms with E-state index in [1.165, 1.54) is 12.8 Å². The highest BCUT2D eigenvalue weighted by Gasteiger charge is 2.54. The summed E-state index contributed by atoms with van der Waals surface area (Å²) in [6, 6.07) is 6.77. The smallest absolute Gasteiger partial charge is 0.254 e. The van der Waals surface area contributed by atoms with Crippen molar-refractivity contribution in [2.45, 2.75) is 45.1 Å². The van der Waals surface area contributed by atoms with Crippen molar-refractivity contribution in [1.29, 1.82) is 0 Å². The minimum atomic E-state index is -0.748. The standard InChI is InChI=1S/C21H26N2O3/c1-21-13-23(18(24)11-14-7-3-4-8-14)12-17(21)22(2)20(26)16-10-6-5-9-15(16)19(21)25/h5-6,9-10,14,17H,3-4,7-8,11-13H2,1-2H3/t17-,21+/m1/s1. The molecule has 5 nitrogen and oxygen atoms in total. The summed E-state index contributed by atoms with van der Waals surface area (Å²) < 4.78 is 0. The molecule has 2 atom stereocenters. The fraction of sp³-hybridized carbons (Fsp3) is 0.571. The van der Waals surface area contributed by atoms with Crippen molar-refractivity contribution in [1.82, 2.24) is 9.80 Å². The van der Waals surface area contributed by atoms with Gasteiger partial charge in [0.2, 0.25) is 5.91 Å². The van der Waals surface area contributed by atoms with Crippen LogP contribution in [0.2, 0.25) is 0 Å². The van der Waals surface area contributed by atoms with Crippen molar-refractivity contribution >= 4 is 17.6 Å². The van der Waals surface area contributed by atoms with Gasteiger partial charge in [0.1, 0.15) is 0 Å². The number of fused-ring (bicyclic) bond motifs is 2. The summed E-state index contributed by atoms with van der Waals surface area (Å²) in [5.41, 5.74) is 0.210. The van der Waals surface area contributed by atoms with Crippen LogP contribution in [0, 0.1) is 11.3 Å². The molecule has 1 saturated carbocycles. The Bertz CT molecular complexity index is 768. The van der Waals surface area contributed by atoms with Crippen LogP contribution in [-0.2, 0) is 4.79 Å². The molecule has 138 valence electrons. The van der Waals surface area contributed by atoms with Gasteiger partial charge in [0.25, 0.3) is 5.91 Å². The number of rotatable bonds is 2. The molecular weight excluding hydrogens is 328 g/mol. The number of hydrogen-bond acceptors (Lipinski definition) is 3. The first-order valence-electron chi connectivity index (χ1n) is 9.60. The second-order valence-corrected chi connectivity index (χ2v) is 8.35. The average molecular weight is 354 g/mol. The fourth-order valence-electron chi connectivity index (χ4n) is 5.04. The average Bonchev–Trinajstić information content (AvgIpc) is 3.26. The molecule has 5 heteroatoms. The van der Waals surface area contributed by atoms with E-state index in [0.29, 0.717) is 36.6 Å². The van der Waals surface area contributed by atoms with Crippen molar-refractivity contribution in [3.05, 3.63) is 35.4 Å². The molecule has 0 bridgehead atoms. The van der Waals surface area contributed by atoms with Crippen molar-refractivity contribution in [2.75, 3.05) is 20.1 Å². The molecule has 1 aliphatic carbocycles. The van der Waals surface area contributed by atoms with Crippen LogP contribution in [0.5, 0.6) is 0 Å². The molecule has 2 aliphatic heterocycles. The lowest BCUT2D eigenvalue weighted by molar-refractivity contribution is -0.131. The van der Waals surface area contributed by atoms with E-state index in [-0.39, 0.29) is 23.6 Å². The van der Waals surface area contributed by atoms with Gasteiger partial charge in [0, 0.05) is 32.1 Å². The van der Waals surface area contributed by atoms with Crippen LogP contribution in [0.15, 0.2) is 24.3 Å². The van der Waals surface area contributed by atoms with Gasteiger partial charge in [0.05, 0.1) is 17.0 Å². The summed E-state index contributed by atoms with van der Waals surface area (Å²) in [6.45, 7) is 2.76. The molecule has 0 unspecified atom stereocenters. The third kappa shape index (κ3) is 2.56. The summed E-state index contributed by atoms with van der Waals surface area (Å²) in [5.74, 6) is 0.462. The number of benzene rings is 1. The van der Waals surface area contributed by atoms with Crippen molar-refractivity contribution in [3.63, 3.8) is 0 Å². The molecule has 1 aromatic carbocycles. The third-order valence-electron chi connectivity index (χ3n) is 6.65. The van der Waals surface area contributed by atoms with E-state index >= 15 is 0 Å². The Hall–Kier alpha value is -2.17. The van der Waals surface area contributed by atoms with E-state index in [1.54, 1.807) is 36.2 Å². The Morgan fingerprint density at radius 2 is 1.81 bits per heavy atom. The fourth-order valence-corrected chi connectivity index (χ4v) is 5.04. The molecule has 26 heavy (non-hydrogen) atoms. The topological polar surface area (TPSA) is 57.7 Å². The predicted octanol–water partition coefficient (Wildman–Crippen LogP) is 2.75. The summed E-state index contributed by atoms with van der Waals surface area (Å²) in [7, 11) is 1.76. The first-order chi connectivity index (χ1) is 12.4. The maximum absolute atomic E-state index is 13.3. The normalized spacial score (nSPS) is 28.9. The van der Waals surface area contributed by atoms with Gasteiger partial charge in [-0.25, -0.2) is 0 Å². The Morgan fingerprint density at radius 1 is 1.15 bits per heavy atom. The maximum atomic E-state index is 13.3. The SMILES string of the molecule is CN1C(=O)c2ccccc2C(=O)[C@@]2(C)CN(C(=O)CC3CCCC3)C[C@@H]12. The molecular formula is C21H26N2O3. The number of amides is 2. The van der Waals surface area contributed by atoms with Crippen molar-refractivity contribution in [2.24, 2.45) is 11.3 Å². The summed E-state index contributed by atoms with van der Waals surface area (Å²) in [6.07, 6.45) is 5.26. The van der Waals surface area contributed by atoms with E-state index < -0.39 is 5.41 Å². The summed E-state index contributed by atoms with van der Waals surface area (Å²) >= 11 is 0. The van der Waals surface area contributed by atoms with Crippen LogP contribution in [-0.4, -0.2) is 53.6 Å². The van der Waals surface area contributed by atoms with Crippen LogP contribution < -0.4 is 0 Å². The van der Waals surface area contributed by atoms with Gasteiger partial charge in [-0.3, -0.25) is 14.4 Å². The van der Waals surface area contributed by atoms with Gasteiger partial charge >= 0.3 is 0 Å². The second kappa shape index (κ2) is 6.22. The number of Topliss-reactive ketones (excluding diaryl/α,β-unsaturated/α-hetero) is 1. The zero-order valence-electron chi connectivity index (χ0n) is 15.5. The Labute approximate surface area is 154 Å². The van der Waals surface area contributed by atoms with Crippen molar-refractivity contribution in [3.8, 4) is 0 Å². The molecule has 2 fully saturated rings. The molecule has 4 rings (SSSR count). The van der Waals surface area contributed by atoms with Gasteiger partial charge < -0.3 is 9.80 Å². The molecule has 3 aliphatic rings. The second-order valence-electron chi connectivity index (χ2n) is 8.35. The summed E-state index contributed by atoms with van der Waals surface area (Å²) in [4.78, 5) is 42.5. The quantitative estimate of drug-likeness (QED) is 0.820. The first kappa shape index (κ1) is 17.3. The monoisotopic (exact) mass is 354 g/mol. The minimum Gasteiger partial charge on any atom is -0.339 e. The highest BCUT2D eigenvalue weighted by atomic mass is 16.2. The lowest BCUT2D eigenvalue weighted by atomic mass is 9.78. The molecule has 0 radical (unpaired) electrons. The van der Waals surface area contributed by atoms with Crippen LogP contribution in [0.4, 0.5) is 0 Å². The van der Waals surface area contributed by atoms with Crippen LogP contribution in [0.1, 0.15) is 59.7 Å². The number of ketones is 1. The lowest BCUT2D eigenvalue weighted by Gasteiger charge is -2.32. The number of hydrogen-bond donors (Lipinski definition) is 0. The Morgan fingerprint density at radius 3 is 2.50 bits per heavy atom. The van der Waals surface area contributed by atoms with Crippen LogP contribution >= 0.6 is 0 Å². The number of likely N-dealkylation sites (tertiary alicyclic amines) is 1. The lowest BCUT2D eigenvalue weighted by Crippen LogP contribution is -2.48. The van der Waals surface area contributed by atoms with Gasteiger partial charge in [-0.05, 0) is 31.7 Å². The van der Waals surface area contributed by atoms with E-state index in [0.717, 1.165) is 12.8 Å². The molecule has 1 aromatic rings. The highest BCUT2D eigenvalue weighted by Crippen LogP contribution is 2.41. The third-order valence-corrected chi connectivity index (χ3v) is 6.65.